The van der Waals surface area contributed by atoms with Crippen LogP contribution in [0.4, 0.5) is 5.69 Å². The molecule has 1 atom stereocenters. The largest absolute Gasteiger partial charge is 0.497 e. The summed E-state index contributed by atoms with van der Waals surface area (Å²) in [6, 6.07) is 4.46. The first kappa shape index (κ1) is 12.8. The number of nitrogens with two attached hydrogens (primary N) is 2. The van der Waals surface area contributed by atoms with Crippen molar-refractivity contribution < 1.29 is 19.1 Å². The molecule has 6 heteroatoms. The van der Waals surface area contributed by atoms with Crippen LogP contribution < -0.4 is 16.2 Å². The summed E-state index contributed by atoms with van der Waals surface area (Å²) in [5, 5.41) is 0. The predicted octanol–water partition coefficient (Wildman–Crippen LogP) is 0.308. The maximum atomic E-state index is 11.6. The molecule has 1 rings (SSSR count). The lowest BCUT2D eigenvalue weighted by atomic mass is 10.2. The van der Waals surface area contributed by atoms with Gasteiger partial charge in [0.1, 0.15) is 5.75 Å². The highest BCUT2D eigenvalue weighted by Crippen LogP contribution is 2.19. The number of amides is 1. The number of benzene rings is 1. The Morgan fingerprint density at radius 2 is 1.94 bits per heavy atom. The van der Waals surface area contributed by atoms with Crippen LogP contribution in [0.3, 0.4) is 0 Å². The highest BCUT2D eigenvalue weighted by Gasteiger charge is 2.17. The summed E-state index contributed by atoms with van der Waals surface area (Å²) >= 11 is 0. The fraction of sp³-hybridized carbons (Fsp3) is 0.273. The van der Waals surface area contributed by atoms with Crippen LogP contribution in [0.5, 0.6) is 5.75 Å². The van der Waals surface area contributed by atoms with Crippen LogP contribution in [0.15, 0.2) is 18.2 Å². The quantitative estimate of drug-likeness (QED) is 0.580. The Hall–Kier alpha value is -2.24. The summed E-state index contributed by atoms with van der Waals surface area (Å²) in [6.45, 7) is 1.39. The molecule has 0 aromatic heterocycles. The first-order chi connectivity index (χ1) is 7.93. The molecule has 1 aromatic carbocycles. The topological polar surface area (TPSA) is 105 Å². The van der Waals surface area contributed by atoms with Crippen molar-refractivity contribution >= 4 is 17.6 Å². The average Bonchev–Trinajstić information content (AvgIpc) is 2.27. The lowest BCUT2D eigenvalue weighted by Crippen LogP contribution is -2.30. The number of primary amides is 1. The van der Waals surface area contributed by atoms with Crippen molar-refractivity contribution in [3.63, 3.8) is 0 Å². The normalized spacial score (nSPS) is 11.6. The average molecular weight is 238 g/mol. The van der Waals surface area contributed by atoms with E-state index in [1.807, 2.05) is 0 Å². The van der Waals surface area contributed by atoms with Gasteiger partial charge in [-0.1, -0.05) is 0 Å². The number of hydrogen-bond acceptors (Lipinski definition) is 5. The highest BCUT2D eigenvalue weighted by molar-refractivity contribution is 5.93. The molecule has 0 fully saturated rings. The molecule has 0 aliphatic rings. The molecule has 92 valence electrons. The lowest BCUT2D eigenvalue weighted by Gasteiger charge is -2.10. The molecule has 4 N–H and O–H groups in total. The minimum Gasteiger partial charge on any atom is -0.497 e. The molecular formula is C11H14N2O4. The molecule has 0 saturated carbocycles. The lowest BCUT2D eigenvalue weighted by molar-refractivity contribution is -0.125. The molecule has 1 unspecified atom stereocenters. The molecule has 0 heterocycles. The van der Waals surface area contributed by atoms with Crippen LogP contribution in [0.1, 0.15) is 17.3 Å². The second-order valence-corrected chi connectivity index (χ2v) is 3.44. The van der Waals surface area contributed by atoms with Gasteiger partial charge >= 0.3 is 5.97 Å². The molecule has 0 bridgehead atoms. The number of carbonyl (C=O) groups is 2. The second-order valence-electron chi connectivity index (χ2n) is 3.44. The number of anilines is 1. The van der Waals surface area contributed by atoms with Gasteiger partial charge in [0.05, 0.1) is 12.7 Å². The van der Waals surface area contributed by atoms with E-state index in [1.54, 1.807) is 6.07 Å². The number of carbonyl (C=O) groups excluding carboxylic acids is 2. The van der Waals surface area contributed by atoms with Gasteiger partial charge < -0.3 is 20.9 Å². The van der Waals surface area contributed by atoms with Gasteiger partial charge in [-0.2, -0.15) is 0 Å². The van der Waals surface area contributed by atoms with Crippen molar-refractivity contribution in [2.24, 2.45) is 5.73 Å². The van der Waals surface area contributed by atoms with E-state index in [9.17, 15) is 9.59 Å². The minimum atomic E-state index is -0.991. The van der Waals surface area contributed by atoms with Crippen molar-refractivity contribution in [3.05, 3.63) is 23.8 Å². The molecule has 1 amide bonds. The number of nitrogen functional groups attached to an aromatic ring is 1. The van der Waals surface area contributed by atoms with Crippen LogP contribution in [0, 0.1) is 0 Å². The van der Waals surface area contributed by atoms with E-state index in [2.05, 4.69) is 0 Å². The van der Waals surface area contributed by atoms with Gasteiger partial charge in [-0.3, -0.25) is 4.79 Å². The van der Waals surface area contributed by atoms with Crippen LogP contribution in [0.2, 0.25) is 0 Å². The standard InChI is InChI=1S/C11H14N2O4/c1-6(10(13)14)17-11(15)7-3-8(12)5-9(4-7)16-2/h3-6H,12H2,1-2H3,(H2,13,14). The van der Waals surface area contributed by atoms with Gasteiger partial charge in [-0.25, -0.2) is 4.79 Å². The van der Waals surface area contributed by atoms with Crippen molar-refractivity contribution in [3.8, 4) is 5.75 Å². The summed E-state index contributed by atoms with van der Waals surface area (Å²) in [5.41, 5.74) is 11.1. The molecule has 0 spiro atoms. The van der Waals surface area contributed by atoms with Crippen LogP contribution in [-0.2, 0) is 9.53 Å². The maximum absolute atomic E-state index is 11.6. The molecule has 6 nitrogen and oxygen atoms in total. The molecular weight excluding hydrogens is 224 g/mol. The van der Waals surface area contributed by atoms with E-state index < -0.39 is 18.0 Å². The number of esters is 1. The van der Waals surface area contributed by atoms with Gasteiger partial charge in [0.2, 0.25) is 0 Å². The smallest absolute Gasteiger partial charge is 0.339 e. The Bertz CT molecular complexity index is 445. The van der Waals surface area contributed by atoms with Gasteiger partial charge in [0.25, 0.3) is 5.91 Å². The van der Waals surface area contributed by atoms with Gasteiger partial charge in [0, 0.05) is 11.8 Å². The number of rotatable bonds is 4. The molecule has 0 aliphatic carbocycles. The molecule has 0 radical (unpaired) electrons. The zero-order valence-electron chi connectivity index (χ0n) is 9.60. The molecule has 0 saturated heterocycles. The van der Waals surface area contributed by atoms with E-state index in [4.69, 9.17) is 20.9 Å². The molecule has 0 aliphatic heterocycles. The third-order valence-electron chi connectivity index (χ3n) is 2.08. The summed E-state index contributed by atoms with van der Waals surface area (Å²) in [6.07, 6.45) is -0.991. The summed E-state index contributed by atoms with van der Waals surface area (Å²) in [5.74, 6) is -0.959. The molecule has 1 aromatic rings. The first-order valence-electron chi connectivity index (χ1n) is 4.89. The number of hydrogen-bond donors (Lipinski definition) is 2. The van der Waals surface area contributed by atoms with Crippen molar-refractivity contribution in [2.75, 3.05) is 12.8 Å². The third-order valence-corrected chi connectivity index (χ3v) is 2.08. The summed E-state index contributed by atoms with van der Waals surface area (Å²) < 4.78 is 9.79. The predicted molar refractivity (Wildman–Crippen MR) is 61.5 cm³/mol. The Kier molecular flexibility index (Phi) is 3.92. The van der Waals surface area contributed by atoms with Crippen LogP contribution in [-0.4, -0.2) is 25.1 Å². The van der Waals surface area contributed by atoms with Crippen LogP contribution in [0.25, 0.3) is 0 Å². The van der Waals surface area contributed by atoms with E-state index in [0.717, 1.165) is 0 Å². The van der Waals surface area contributed by atoms with E-state index in [0.29, 0.717) is 11.4 Å². The van der Waals surface area contributed by atoms with Gasteiger partial charge in [0.15, 0.2) is 6.10 Å². The highest BCUT2D eigenvalue weighted by atomic mass is 16.5. The third kappa shape index (κ3) is 3.37. The second kappa shape index (κ2) is 5.20. The van der Waals surface area contributed by atoms with Gasteiger partial charge in [-0.15, -0.1) is 0 Å². The van der Waals surface area contributed by atoms with Crippen molar-refractivity contribution in [1.82, 2.24) is 0 Å². The Balaban J connectivity index is 2.88. The van der Waals surface area contributed by atoms with Crippen molar-refractivity contribution in [2.45, 2.75) is 13.0 Å². The van der Waals surface area contributed by atoms with Crippen molar-refractivity contribution in [1.29, 1.82) is 0 Å². The Labute approximate surface area is 98.5 Å². The van der Waals surface area contributed by atoms with Crippen LogP contribution >= 0.6 is 0 Å². The monoisotopic (exact) mass is 238 g/mol. The Morgan fingerprint density at radius 3 is 2.47 bits per heavy atom. The first-order valence-corrected chi connectivity index (χ1v) is 4.89. The van der Waals surface area contributed by atoms with E-state index in [1.165, 1.54) is 26.2 Å². The fourth-order valence-corrected chi connectivity index (χ4v) is 1.14. The SMILES string of the molecule is COc1cc(N)cc(C(=O)OC(C)C(N)=O)c1. The fourth-order valence-electron chi connectivity index (χ4n) is 1.14. The number of ether oxygens (including phenoxy) is 2. The maximum Gasteiger partial charge on any atom is 0.339 e. The zero-order chi connectivity index (χ0) is 13.0. The van der Waals surface area contributed by atoms with E-state index in [-0.39, 0.29) is 5.56 Å². The van der Waals surface area contributed by atoms with E-state index >= 15 is 0 Å². The minimum absolute atomic E-state index is 0.204. The molecule has 17 heavy (non-hydrogen) atoms. The van der Waals surface area contributed by atoms with Gasteiger partial charge in [-0.05, 0) is 19.1 Å². The number of methoxy groups -OCH3 is 1. The summed E-state index contributed by atoms with van der Waals surface area (Å²) in [7, 11) is 1.45. The zero-order valence-corrected chi connectivity index (χ0v) is 9.60. The summed E-state index contributed by atoms with van der Waals surface area (Å²) in [4.78, 5) is 22.4. The Morgan fingerprint density at radius 1 is 1.29 bits per heavy atom.